The maximum Gasteiger partial charge on any atom is 0.251 e. The molecule has 132 valence electrons. The predicted molar refractivity (Wildman–Crippen MR) is 110 cm³/mol. The SMILES string of the molecule is O=C(NCCNc1ccc(Nc2cccnc2)nn1)c1ccc(I)cc1. The first kappa shape index (κ1) is 18.1. The fourth-order valence-electron chi connectivity index (χ4n) is 2.15. The van der Waals surface area contributed by atoms with Gasteiger partial charge in [-0.3, -0.25) is 9.78 Å². The minimum atomic E-state index is -0.0923. The summed E-state index contributed by atoms with van der Waals surface area (Å²) >= 11 is 2.21. The smallest absolute Gasteiger partial charge is 0.251 e. The summed E-state index contributed by atoms with van der Waals surface area (Å²) < 4.78 is 1.10. The van der Waals surface area contributed by atoms with E-state index >= 15 is 0 Å². The van der Waals surface area contributed by atoms with Crippen LogP contribution in [-0.4, -0.2) is 34.2 Å². The Labute approximate surface area is 164 Å². The molecule has 8 heteroatoms. The molecule has 0 atom stereocenters. The topological polar surface area (TPSA) is 91.8 Å². The maximum atomic E-state index is 12.0. The first-order chi connectivity index (χ1) is 12.7. The van der Waals surface area contributed by atoms with Crippen molar-refractivity contribution in [1.82, 2.24) is 20.5 Å². The Morgan fingerprint density at radius 3 is 2.42 bits per heavy atom. The van der Waals surface area contributed by atoms with E-state index in [0.717, 1.165) is 9.26 Å². The molecular formula is C18H17IN6O. The lowest BCUT2D eigenvalue weighted by Crippen LogP contribution is -2.28. The normalized spacial score (nSPS) is 10.2. The molecule has 0 bridgehead atoms. The lowest BCUT2D eigenvalue weighted by molar-refractivity contribution is 0.0955. The standard InChI is InChI=1S/C18H17IN6O/c19-14-5-3-13(4-6-14)18(26)22-11-10-21-16-7-8-17(25-24-16)23-15-2-1-9-20-12-15/h1-9,12H,10-11H2,(H,21,24)(H,22,26)(H,23,25). The average Bonchev–Trinajstić information content (AvgIpc) is 2.68. The van der Waals surface area contributed by atoms with Crippen LogP contribution in [0.5, 0.6) is 0 Å². The summed E-state index contributed by atoms with van der Waals surface area (Å²) in [4.78, 5) is 16.0. The van der Waals surface area contributed by atoms with Crippen LogP contribution < -0.4 is 16.0 Å². The third-order valence-corrected chi connectivity index (χ3v) is 4.14. The van der Waals surface area contributed by atoms with Crippen molar-refractivity contribution in [2.75, 3.05) is 23.7 Å². The van der Waals surface area contributed by atoms with Gasteiger partial charge < -0.3 is 16.0 Å². The van der Waals surface area contributed by atoms with Crippen molar-refractivity contribution in [2.45, 2.75) is 0 Å². The van der Waals surface area contributed by atoms with Gasteiger partial charge in [0.05, 0.1) is 11.9 Å². The van der Waals surface area contributed by atoms with Crippen LogP contribution in [0, 0.1) is 3.57 Å². The minimum Gasteiger partial charge on any atom is -0.367 e. The highest BCUT2D eigenvalue weighted by molar-refractivity contribution is 14.1. The molecule has 0 fully saturated rings. The van der Waals surface area contributed by atoms with Crippen LogP contribution in [0.15, 0.2) is 60.9 Å². The van der Waals surface area contributed by atoms with Crippen LogP contribution in [0.25, 0.3) is 0 Å². The second kappa shape index (κ2) is 9.09. The number of carbonyl (C=O) groups is 1. The number of pyridine rings is 1. The third kappa shape index (κ3) is 5.38. The van der Waals surface area contributed by atoms with Crippen molar-refractivity contribution in [2.24, 2.45) is 0 Å². The molecule has 26 heavy (non-hydrogen) atoms. The number of carbonyl (C=O) groups excluding carboxylic acids is 1. The van der Waals surface area contributed by atoms with Gasteiger partial charge >= 0.3 is 0 Å². The van der Waals surface area contributed by atoms with E-state index in [1.54, 1.807) is 12.4 Å². The van der Waals surface area contributed by atoms with E-state index in [2.05, 4.69) is 53.7 Å². The summed E-state index contributed by atoms with van der Waals surface area (Å²) in [5.41, 5.74) is 1.50. The van der Waals surface area contributed by atoms with Crippen molar-refractivity contribution >= 4 is 45.8 Å². The van der Waals surface area contributed by atoms with Gasteiger partial charge in [-0.05, 0) is 71.1 Å². The number of aromatic nitrogens is 3. The van der Waals surface area contributed by atoms with E-state index in [-0.39, 0.29) is 5.91 Å². The monoisotopic (exact) mass is 460 g/mol. The Morgan fingerprint density at radius 1 is 0.962 bits per heavy atom. The van der Waals surface area contributed by atoms with Crippen LogP contribution in [0.1, 0.15) is 10.4 Å². The summed E-state index contributed by atoms with van der Waals surface area (Å²) in [5.74, 6) is 1.19. The largest absolute Gasteiger partial charge is 0.367 e. The van der Waals surface area contributed by atoms with Gasteiger partial charge in [0.1, 0.15) is 5.82 Å². The van der Waals surface area contributed by atoms with E-state index in [1.165, 1.54) is 0 Å². The summed E-state index contributed by atoms with van der Waals surface area (Å²) in [6.07, 6.45) is 3.42. The first-order valence-electron chi connectivity index (χ1n) is 7.99. The summed E-state index contributed by atoms with van der Waals surface area (Å²) in [6.45, 7) is 1.04. The molecule has 1 amide bonds. The van der Waals surface area contributed by atoms with Crippen molar-refractivity contribution in [3.05, 3.63) is 70.1 Å². The summed E-state index contributed by atoms with van der Waals surface area (Å²) in [6, 6.07) is 14.8. The molecule has 2 aromatic heterocycles. The average molecular weight is 460 g/mol. The predicted octanol–water partition coefficient (Wildman–Crippen LogP) is 3.06. The Balaban J connectivity index is 1.42. The molecule has 0 saturated heterocycles. The van der Waals surface area contributed by atoms with Crippen molar-refractivity contribution < 1.29 is 4.79 Å². The molecule has 3 aromatic rings. The van der Waals surface area contributed by atoms with Gasteiger partial charge in [-0.15, -0.1) is 10.2 Å². The quantitative estimate of drug-likeness (QED) is 0.371. The zero-order chi connectivity index (χ0) is 18.2. The summed E-state index contributed by atoms with van der Waals surface area (Å²) in [5, 5.41) is 17.3. The van der Waals surface area contributed by atoms with Crippen LogP contribution in [0.3, 0.4) is 0 Å². The minimum absolute atomic E-state index is 0.0923. The molecule has 0 aliphatic rings. The van der Waals surface area contributed by atoms with E-state index in [0.29, 0.717) is 30.3 Å². The Morgan fingerprint density at radius 2 is 1.73 bits per heavy atom. The molecule has 3 N–H and O–H groups in total. The molecule has 3 rings (SSSR count). The molecule has 7 nitrogen and oxygen atoms in total. The molecule has 0 aliphatic carbocycles. The highest BCUT2D eigenvalue weighted by Crippen LogP contribution is 2.12. The number of nitrogens with one attached hydrogen (secondary N) is 3. The number of nitrogens with zero attached hydrogens (tertiary/aromatic N) is 3. The Bertz CT molecular complexity index is 840. The molecular weight excluding hydrogens is 443 g/mol. The molecule has 0 saturated carbocycles. The molecule has 0 spiro atoms. The van der Waals surface area contributed by atoms with E-state index in [1.807, 2.05) is 48.5 Å². The number of anilines is 3. The number of amides is 1. The van der Waals surface area contributed by atoms with Crippen molar-refractivity contribution in [3.8, 4) is 0 Å². The Hall–Kier alpha value is -2.75. The lowest BCUT2D eigenvalue weighted by atomic mass is 10.2. The molecule has 0 radical (unpaired) electrons. The van der Waals surface area contributed by atoms with Crippen LogP contribution in [0.4, 0.5) is 17.3 Å². The van der Waals surface area contributed by atoms with Gasteiger partial charge in [-0.2, -0.15) is 0 Å². The summed E-state index contributed by atoms with van der Waals surface area (Å²) in [7, 11) is 0. The fraction of sp³-hybridized carbons (Fsp3) is 0.111. The van der Waals surface area contributed by atoms with Gasteiger partial charge in [0, 0.05) is 28.4 Å². The number of halogens is 1. The second-order valence-electron chi connectivity index (χ2n) is 5.36. The molecule has 2 heterocycles. The molecule has 0 aliphatic heterocycles. The molecule has 0 unspecified atom stereocenters. The van der Waals surface area contributed by atoms with Gasteiger partial charge in [-0.1, -0.05) is 0 Å². The van der Waals surface area contributed by atoms with Crippen molar-refractivity contribution in [3.63, 3.8) is 0 Å². The zero-order valence-electron chi connectivity index (χ0n) is 13.8. The number of rotatable bonds is 7. The molecule has 1 aromatic carbocycles. The van der Waals surface area contributed by atoms with Gasteiger partial charge in [0.2, 0.25) is 0 Å². The number of hydrogen-bond acceptors (Lipinski definition) is 6. The third-order valence-electron chi connectivity index (χ3n) is 3.42. The van der Waals surface area contributed by atoms with Crippen LogP contribution >= 0.6 is 22.6 Å². The van der Waals surface area contributed by atoms with Gasteiger partial charge in [0.15, 0.2) is 5.82 Å². The highest BCUT2D eigenvalue weighted by atomic mass is 127. The second-order valence-corrected chi connectivity index (χ2v) is 6.61. The lowest BCUT2D eigenvalue weighted by Gasteiger charge is -2.08. The highest BCUT2D eigenvalue weighted by Gasteiger charge is 2.04. The zero-order valence-corrected chi connectivity index (χ0v) is 16.0. The van der Waals surface area contributed by atoms with Crippen LogP contribution in [0.2, 0.25) is 0 Å². The maximum absolute atomic E-state index is 12.0. The number of benzene rings is 1. The van der Waals surface area contributed by atoms with Crippen LogP contribution in [-0.2, 0) is 0 Å². The number of hydrogen-bond donors (Lipinski definition) is 3. The van der Waals surface area contributed by atoms with Gasteiger partial charge in [0.25, 0.3) is 5.91 Å². The van der Waals surface area contributed by atoms with Crippen molar-refractivity contribution in [1.29, 1.82) is 0 Å². The van der Waals surface area contributed by atoms with E-state index in [9.17, 15) is 4.79 Å². The van der Waals surface area contributed by atoms with E-state index in [4.69, 9.17) is 0 Å². The van der Waals surface area contributed by atoms with E-state index < -0.39 is 0 Å². The fourth-order valence-corrected chi connectivity index (χ4v) is 2.51. The first-order valence-corrected chi connectivity index (χ1v) is 9.07. The Kier molecular flexibility index (Phi) is 6.31. The van der Waals surface area contributed by atoms with Gasteiger partial charge in [-0.25, -0.2) is 0 Å².